The molecule has 4 heteroatoms. The molecule has 102 valence electrons. The van der Waals surface area contributed by atoms with Crippen LogP contribution in [0.25, 0.3) is 0 Å². The van der Waals surface area contributed by atoms with Crippen LogP contribution in [0, 0.1) is 0 Å². The summed E-state index contributed by atoms with van der Waals surface area (Å²) in [6, 6.07) is 15.8. The van der Waals surface area contributed by atoms with Gasteiger partial charge in [0.15, 0.2) is 0 Å². The molecule has 0 atom stereocenters. The van der Waals surface area contributed by atoms with Crippen molar-refractivity contribution < 1.29 is 31.0 Å². The summed E-state index contributed by atoms with van der Waals surface area (Å²) in [7, 11) is 1.65. The fourth-order valence-corrected chi connectivity index (χ4v) is 2.66. The fraction of sp³-hybridized carbons (Fsp3) is 0.200. The fourth-order valence-electron chi connectivity index (χ4n) is 1.73. The predicted octanol–water partition coefficient (Wildman–Crippen LogP) is -0.00730. The van der Waals surface area contributed by atoms with Crippen molar-refractivity contribution in [2.45, 2.75) is 6.42 Å². The van der Waals surface area contributed by atoms with Gasteiger partial charge in [-0.2, -0.15) is 0 Å². The van der Waals surface area contributed by atoms with Gasteiger partial charge >= 0.3 is 124 Å². The number of nitrogens with two attached hydrogens (primary N) is 1. The van der Waals surface area contributed by atoms with Crippen LogP contribution in [0.4, 0.5) is 0 Å². The zero-order chi connectivity index (χ0) is 13.5. The summed E-state index contributed by atoms with van der Waals surface area (Å²) in [5, 5.41) is 0. The van der Waals surface area contributed by atoms with E-state index in [0.29, 0.717) is 0 Å². The molecule has 0 heterocycles. The molecule has 0 amide bonds. The molecular weight excluding hydrogens is 353 g/mol. The van der Waals surface area contributed by atoms with Crippen molar-refractivity contribution in [1.82, 2.24) is 0 Å². The normalized spacial score (nSPS) is 10.4. The number of ether oxygens (including phenoxy) is 2. The van der Waals surface area contributed by atoms with E-state index in [4.69, 9.17) is 13.4 Å². The van der Waals surface area contributed by atoms with Crippen molar-refractivity contribution in [3.05, 3.63) is 54.1 Å². The summed E-state index contributed by atoms with van der Waals surface area (Å²) in [6.45, 7) is 0. The first-order valence-corrected chi connectivity index (χ1v) is 8.77. The van der Waals surface area contributed by atoms with E-state index >= 15 is 0 Å². The third kappa shape index (κ3) is 4.40. The van der Waals surface area contributed by atoms with Gasteiger partial charge in [0.1, 0.15) is 0 Å². The van der Waals surface area contributed by atoms with E-state index < -0.39 is 0 Å². The molecule has 3 nitrogen and oxygen atoms in total. The molecule has 0 aliphatic carbocycles. The summed E-state index contributed by atoms with van der Waals surface area (Å²) in [5.74, 6) is 2.42. The van der Waals surface area contributed by atoms with Gasteiger partial charge in [0, 0.05) is 0 Å². The van der Waals surface area contributed by atoms with Crippen LogP contribution < -0.4 is 34.9 Å². The van der Waals surface area contributed by atoms with E-state index in [1.165, 1.54) is 5.56 Å². The van der Waals surface area contributed by atoms with Gasteiger partial charge in [-0.15, -0.1) is 0 Å². The number of alkyl halides is 1. The average molecular weight is 370 g/mol. The van der Waals surface area contributed by atoms with Gasteiger partial charge in [-0.05, 0) is 0 Å². The first-order valence-electron chi connectivity index (χ1n) is 6.00. The number of hydrogen-bond donors (Lipinski definition) is 1. The van der Waals surface area contributed by atoms with E-state index in [-0.39, 0.29) is 21.5 Å². The Labute approximate surface area is 124 Å². The van der Waals surface area contributed by atoms with Crippen molar-refractivity contribution in [3.63, 3.8) is 0 Å². The summed E-state index contributed by atoms with van der Waals surface area (Å²) >= 11 is -0.142. The van der Waals surface area contributed by atoms with Gasteiger partial charge in [-0.1, -0.05) is 0 Å². The molecule has 0 saturated heterocycles. The molecule has 0 aliphatic rings. The summed E-state index contributed by atoms with van der Waals surface area (Å²) in [5.41, 5.74) is 1.27. The molecule has 2 rings (SSSR count). The SMILES string of the molecule is COc1cccc(Oc2cccc(CC[I-]N)c2)c1. The topological polar surface area (TPSA) is 44.5 Å². The summed E-state index contributed by atoms with van der Waals surface area (Å²) in [4.78, 5) is 0. The van der Waals surface area contributed by atoms with Crippen molar-refractivity contribution >= 4 is 0 Å². The first-order chi connectivity index (χ1) is 9.31. The Bertz CT molecular complexity index is 531. The van der Waals surface area contributed by atoms with Crippen molar-refractivity contribution in [2.75, 3.05) is 11.5 Å². The minimum absolute atomic E-state index is 0.142. The molecule has 0 fully saturated rings. The maximum absolute atomic E-state index is 5.84. The Hall–Kier alpha value is -1.27. The Morgan fingerprint density at radius 3 is 2.42 bits per heavy atom. The van der Waals surface area contributed by atoms with Crippen LogP contribution in [0.2, 0.25) is 0 Å². The van der Waals surface area contributed by atoms with E-state index in [2.05, 4.69) is 12.1 Å². The maximum atomic E-state index is 5.84. The predicted molar refractivity (Wildman–Crippen MR) is 72.3 cm³/mol. The monoisotopic (exact) mass is 370 g/mol. The Kier molecular flexibility index (Phi) is 5.47. The molecule has 2 aromatic carbocycles. The Balaban J connectivity index is 2.09. The molecule has 0 radical (unpaired) electrons. The molecule has 0 aliphatic heterocycles. The van der Waals surface area contributed by atoms with Crippen LogP contribution >= 0.6 is 0 Å². The van der Waals surface area contributed by atoms with Crippen LogP contribution in [0.1, 0.15) is 5.56 Å². The minimum atomic E-state index is -0.142. The Morgan fingerprint density at radius 2 is 1.68 bits per heavy atom. The molecular formula is C15H17INO2-. The van der Waals surface area contributed by atoms with Crippen LogP contribution in [0.5, 0.6) is 17.2 Å². The number of aryl methyl sites for hydroxylation is 1. The third-order valence-electron chi connectivity index (χ3n) is 2.67. The second-order valence-corrected chi connectivity index (χ2v) is 5.98. The number of halogens is 1. The van der Waals surface area contributed by atoms with Gasteiger partial charge in [-0.25, -0.2) is 0 Å². The van der Waals surface area contributed by atoms with Crippen molar-refractivity contribution in [3.8, 4) is 17.2 Å². The summed E-state index contributed by atoms with van der Waals surface area (Å²) in [6.07, 6.45) is 1.03. The zero-order valence-corrected chi connectivity index (χ0v) is 13.0. The molecule has 0 unspecified atom stereocenters. The number of benzene rings is 2. The van der Waals surface area contributed by atoms with E-state index in [0.717, 1.165) is 28.1 Å². The third-order valence-corrected chi connectivity index (χ3v) is 3.83. The molecule has 0 aromatic heterocycles. The number of hydrogen-bond acceptors (Lipinski definition) is 3. The van der Waals surface area contributed by atoms with Gasteiger partial charge in [0.25, 0.3) is 0 Å². The molecule has 19 heavy (non-hydrogen) atoms. The molecule has 0 spiro atoms. The van der Waals surface area contributed by atoms with Gasteiger partial charge in [-0.3, -0.25) is 0 Å². The second-order valence-electron chi connectivity index (χ2n) is 4.02. The standard InChI is InChI=1S/C15H17INO2/c1-18-13-5-3-7-15(11-13)19-14-6-2-4-12(10-14)8-9-16-17/h2-7,10-11H,8-9,17H2,1H3/q-1. The zero-order valence-electron chi connectivity index (χ0n) is 10.8. The molecule has 2 aromatic rings. The number of rotatable bonds is 6. The van der Waals surface area contributed by atoms with E-state index in [9.17, 15) is 0 Å². The summed E-state index contributed by atoms with van der Waals surface area (Å²) < 4.78 is 17.8. The second kappa shape index (κ2) is 7.35. The molecule has 0 saturated carbocycles. The van der Waals surface area contributed by atoms with Crippen LogP contribution in [-0.2, 0) is 6.42 Å². The number of methoxy groups -OCH3 is 1. The van der Waals surface area contributed by atoms with Gasteiger partial charge in [0.05, 0.1) is 0 Å². The van der Waals surface area contributed by atoms with Crippen molar-refractivity contribution in [1.29, 1.82) is 0 Å². The molecule has 2 N–H and O–H groups in total. The Morgan fingerprint density at radius 1 is 1.00 bits per heavy atom. The quantitative estimate of drug-likeness (QED) is 0.442. The van der Waals surface area contributed by atoms with Crippen LogP contribution in [-0.4, -0.2) is 11.5 Å². The van der Waals surface area contributed by atoms with E-state index in [1.807, 2.05) is 36.4 Å². The first kappa shape index (κ1) is 14.1. The average Bonchev–Trinajstić information content (AvgIpc) is 2.46. The van der Waals surface area contributed by atoms with Crippen LogP contribution in [0.15, 0.2) is 48.5 Å². The molecule has 0 bridgehead atoms. The van der Waals surface area contributed by atoms with Gasteiger partial charge in [0.2, 0.25) is 0 Å². The van der Waals surface area contributed by atoms with Crippen LogP contribution in [0.3, 0.4) is 0 Å². The van der Waals surface area contributed by atoms with E-state index in [1.54, 1.807) is 7.11 Å². The van der Waals surface area contributed by atoms with Gasteiger partial charge < -0.3 is 0 Å². The van der Waals surface area contributed by atoms with Crippen molar-refractivity contribution in [2.24, 2.45) is 3.95 Å².